The molecule has 0 bridgehead atoms. The first-order chi connectivity index (χ1) is 6.66. The van der Waals surface area contributed by atoms with E-state index in [0.717, 1.165) is 9.86 Å². The highest BCUT2D eigenvalue weighted by atomic mass is 79.9. The van der Waals surface area contributed by atoms with Gasteiger partial charge in [-0.15, -0.1) is 0 Å². The third kappa shape index (κ3) is 1.63. The van der Waals surface area contributed by atoms with Gasteiger partial charge in [0.05, 0.1) is 0 Å². The van der Waals surface area contributed by atoms with E-state index in [1.165, 1.54) is 0 Å². The molecule has 2 rings (SSSR count). The number of halogens is 1. The molecule has 0 amide bonds. The predicted molar refractivity (Wildman–Crippen MR) is 55.1 cm³/mol. The number of aliphatic carboxylic acids is 1. The van der Waals surface area contributed by atoms with Gasteiger partial charge in [0, 0.05) is 22.3 Å². The van der Waals surface area contributed by atoms with E-state index in [2.05, 4.69) is 20.9 Å². The Kier molecular flexibility index (Phi) is 2.25. The first-order valence-corrected chi connectivity index (χ1v) is 4.78. The second-order valence-electron chi connectivity index (χ2n) is 2.90. The summed E-state index contributed by atoms with van der Waals surface area (Å²) in [6.45, 7) is -0.0574. The molecule has 1 N–H and O–H groups in total. The Morgan fingerprint density at radius 2 is 2.43 bits per heavy atom. The van der Waals surface area contributed by atoms with Crippen molar-refractivity contribution in [1.29, 1.82) is 0 Å². The Balaban J connectivity index is 2.52. The van der Waals surface area contributed by atoms with Gasteiger partial charge in [0.25, 0.3) is 0 Å². The van der Waals surface area contributed by atoms with Crippen LogP contribution in [0.15, 0.2) is 29.0 Å². The SMILES string of the molecule is O=C(O)Cn1ccc2cc(Br)cnc21. The summed E-state index contributed by atoms with van der Waals surface area (Å²) in [6.07, 6.45) is 3.37. The molecule has 2 heterocycles. The third-order valence-corrected chi connectivity index (χ3v) is 2.31. The molecule has 4 nitrogen and oxygen atoms in total. The highest BCUT2D eigenvalue weighted by Crippen LogP contribution is 2.17. The molecule has 0 unspecified atom stereocenters. The fourth-order valence-electron chi connectivity index (χ4n) is 1.32. The predicted octanol–water partition coefficient (Wildman–Crippen LogP) is 1.88. The lowest BCUT2D eigenvalue weighted by Gasteiger charge is -1.99. The number of hydrogen-bond acceptors (Lipinski definition) is 2. The van der Waals surface area contributed by atoms with E-state index in [9.17, 15) is 4.79 Å². The molecule has 0 aliphatic heterocycles. The Bertz CT molecular complexity index is 493. The molecule has 0 fully saturated rings. The van der Waals surface area contributed by atoms with E-state index in [4.69, 9.17) is 5.11 Å². The Morgan fingerprint density at radius 3 is 3.14 bits per heavy atom. The van der Waals surface area contributed by atoms with Crippen molar-refractivity contribution < 1.29 is 9.90 Å². The molecule has 2 aromatic heterocycles. The van der Waals surface area contributed by atoms with Gasteiger partial charge in [0.1, 0.15) is 12.2 Å². The normalized spacial score (nSPS) is 10.6. The maximum Gasteiger partial charge on any atom is 0.323 e. The molecule has 0 spiro atoms. The molecule has 72 valence electrons. The summed E-state index contributed by atoms with van der Waals surface area (Å²) in [5.41, 5.74) is 0.690. The van der Waals surface area contributed by atoms with Crippen LogP contribution in [0.1, 0.15) is 0 Å². The summed E-state index contributed by atoms with van der Waals surface area (Å²) in [6, 6.07) is 3.75. The fourth-order valence-corrected chi connectivity index (χ4v) is 1.67. The third-order valence-electron chi connectivity index (χ3n) is 1.87. The molecular formula is C9H7BrN2O2. The smallest absolute Gasteiger partial charge is 0.323 e. The minimum absolute atomic E-state index is 0.0574. The van der Waals surface area contributed by atoms with Crippen LogP contribution >= 0.6 is 15.9 Å². The van der Waals surface area contributed by atoms with Crippen molar-refractivity contribution in [2.75, 3.05) is 0 Å². The number of nitrogens with zero attached hydrogens (tertiary/aromatic N) is 2. The molecule has 0 aromatic carbocycles. The average Bonchev–Trinajstić information content (AvgIpc) is 2.47. The van der Waals surface area contributed by atoms with Crippen LogP contribution in [0.5, 0.6) is 0 Å². The lowest BCUT2D eigenvalue weighted by molar-refractivity contribution is -0.137. The first-order valence-electron chi connectivity index (χ1n) is 3.99. The molecule has 0 radical (unpaired) electrons. The number of aromatic nitrogens is 2. The quantitative estimate of drug-likeness (QED) is 0.891. The van der Waals surface area contributed by atoms with Crippen LogP contribution in [0.2, 0.25) is 0 Å². The van der Waals surface area contributed by atoms with E-state index >= 15 is 0 Å². The molecule has 14 heavy (non-hydrogen) atoms. The lowest BCUT2D eigenvalue weighted by atomic mass is 10.3. The van der Waals surface area contributed by atoms with E-state index in [1.807, 2.05) is 12.1 Å². The van der Waals surface area contributed by atoms with Gasteiger partial charge in [-0.05, 0) is 28.1 Å². The monoisotopic (exact) mass is 254 g/mol. The number of rotatable bonds is 2. The van der Waals surface area contributed by atoms with Crippen molar-refractivity contribution in [2.24, 2.45) is 0 Å². The van der Waals surface area contributed by atoms with E-state index in [1.54, 1.807) is 17.0 Å². The van der Waals surface area contributed by atoms with Crippen molar-refractivity contribution in [1.82, 2.24) is 9.55 Å². The van der Waals surface area contributed by atoms with Gasteiger partial charge in [-0.2, -0.15) is 0 Å². The van der Waals surface area contributed by atoms with Gasteiger partial charge in [-0.25, -0.2) is 4.98 Å². The first kappa shape index (κ1) is 9.21. The molecule has 5 heteroatoms. The maximum atomic E-state index is 10.5. The fraction of sp³-hybridized carbons (Fsp3) is 0.111. The summed E-state index contributed by atoms with van der Waals surface area (Å²) in [4.78, 5) is 14.7. The Hall–Kier alpha value is -1.36. The van der Waals surface area contributed by atoms with Gasteiger partial charge in [0.2, 0.25) is 0 Å². The zero-order valence-corrected chi connectivity index (χ0v) is 8.73. The van der Waals surface area contributed by atoms with Crippen molar-refractivity contribution in [3.05, 3.63) is 29.0 Å². The maximum absolute atomic E-state index is 10.5. The van der Waals surface area contributed by atoms with E-state index in [-0.39, 0.29) is 6.54 Å². The number of hydrogen-bond donors (Lipinski definition) is 1. The van der Waals surface area contributed by atoms with E-state index in [0.29, 0.717) is 5.65 Å². The molecular weight excluding hydrogens is 248 g/mol. The van der Waals surface area contributed by atoms with Crippen molar-refractivity contribution in [2.45, 2.75) is 6.54 Å². The summed E-state index contributed by atoms with van der Waals surface area (Å²) < 4.78 is 2.49. The van der Waals surface area contributed by atoms with Crippen LogP contribution in [-0.4, -0.2) is 20.6 Å². The van der Waals surface area contributed by atoms with Crippen molar-refractivity contribution in [3.8, 4) is 0 Å². The molecule has 0 aliphatic carbocycles. The number of carboxylic acid groups (broad SMARTS) is 1. The van der Waals surface area contributed by atoms with Gasteiger partial charge in [0.15, 0.2) is 0 Å². The summed E-state index contributed by atoms with van der Waals surface area (Å²) in [5, 5.41) is 9.57. The van der Waals surface area contributed by atoms with Gasteiger partial charge in [-0.3, -0.25) is 4.79 Å². The Morgan fingerprint density at radius 1 is 1.64 bits per heavy atom. The molecule has 0 saturated heterocycles. The Labute approximate surface area is 88.3 Å². The van der Waals surface area contributed by atoms with Crippen LogP contribution in [0.4, 0.5) is 0 Å². The highest BCUT2D eigenvalue weighted by molar-refractivity contribution is 9.10. The number of fused-ring (bicyclic) bond motifs is 1. The molecule has 0 saturated carbocycles. The summed E-state index contributed by atoms with van der Waals surface area (Å²) in [7, 11) is 0. The summed E-state index contributed by atoms with van der Waals surface area (Å²) >= 11 is 3.30. The van der Waals surface area contributed by atoms with Gasteiger partial charge < -0.3 is 9.67 Å². The minimum Gasteiger partial charge on any atom is -0.480 e. The topological polar surface area (TPSA) is 55.1 Å². The van der Waals surface area contributed by atoms with Crippen LogP contribution in [0.3, 0.4) is 0 Å². The minimum atomic E-state index is -0.868. The van der Waals surface area contributed by atoms with Crippen LogP contribution in [0.25, 0.3) is 11.0 Å². The van der Waals surface area contributed by atoms with Crippen LogP contribution in [-0.2, 0) is 11.3 Å². The zero-order chi connectivity index (χ0) is 10.1. The van der Waals surface area contributed by atoms with E-state index < -0.39 is 5.97 Å². The lowest BCUT2D eigenvalue weighted by Crippen LogP contribution is -2.07. The molecule has 0 aliphatic rings. The molecule has 0 atom stereocenters. The number of carbonyl (C=O) groups is 1. The summed E-state index contributed by atoms with van der Waals surface area (Å²) in [5.74, 6) is -0.868. The standard InChI is InChI=1S/C9H7BrN2O2/c10-7-3-6-1-2-12(5-8(13)14)9(6)11-4-7/h1-4H,5H2,(H,13,14). The van der Waals surface area contributed by atoms with Crippen LogP contribution in [0, 0.1) is 0 Å². The second kappa shape index (κ2) is 3.42. The molecule has 2 aromatic rings. The van der Waals surface area contributed by atoms with Crippen molar-refractivity contribution >= 4 is 32.9 Å². The van der Waals surface area contributed by atoms with Crippen molar-refractivity contribution in [3.63, 3.8) is 0 Å². The van der Waals surface area contributed by atoms with Gasteiger partial charge >= 0.3 is 5.97 Å². The average molecular weight is 255 g/mol. The number of carboxylic acids is 1. The number of pyridine rings is 1. The van der Waals surface area contributed by atoms with Crippen LogP contribution < -0.4 is 0 Å². The van der Waals surface area contributed by atoms with Gasteiger partial charge in [-0.1, -0.05) is 0 Å². The highest BCUT2D eigenvalue weighted by Gasteiger charge is 2.05. The second-order valence-corrected chi connectivity index (χ2v) is 3.82. The largest absolute Gasteiger partial charge is 0.480 e. The zero-order valence-electron chi connectivity index (χ0n) is 7.14.